The van der Waals surface area contributed by atoms with Gasteiger partial charge in [0.05, 0.1) is 19.3 Å². The number of hydrogen-bond donors (Lipinski definition) is 2. The highest BCUT2D eigenvalue weighted by Crippen LogP contribution is 2.50. The largest absolute Gasteiger partial charge is 0.379 e. The SMILES string of the molecule is CCOC1CC(N)(C(=O)NCC2(CN3CCOCC3)CCCCC2)C1(C)C. The molecule has 1 heterocycles. The number of nitrogens with two attached hydrogens (primary N) is 1. The smallest absolute Gasteiger partial charge is 0.240 e. The van der Waals surface area contributed by atoms with E-state index in [1.165, 1.54) is 32.1 Å². The minimum atomic E-state index is -0.832. The number of nitrogens with one attached hydrogen (secondary N) is 1. The topological polar surface area (TPSA) is 76.8 Å². The van der Waals surface area contributed by atoms with E-state index in [4.69, 9.17) is 15.2 Å². The van der Waals surface area contributed by atoms with Gasteiger partial charge < -0.3 is 20.5 Å². The molecule has 156 valence electrons. The Labute approximate surface area is 164 Å². The summed E-state index contributed by atoms with van der Waals surface area (Å²) in [6, 6.07) is 0. The van der Waals surface area contributed by atoms with Crippen molar-refractivity contribution in [1.82, 2.24) is 10.2 Å². The average molecular weight is 382 g/mol. The molecule has 0 aromatic heterocycles. The Morgan fingerprint density at radius 1 is 1.22 bits per heavy atom. The van der Waals surface area contributed by atoms with Crippen LogP contribution < -0.4 is 11.1 Å². The maximum atomic E-state index is 13.1. The molecule has 1 amide bonds. The molecule has 0 spiro atoms. The Balaban J connectivity index is 1.60. The van der Waals surface area contributed by atoms with Gasteiger partial charge in [-0.25, -0.2) is 0 Å². The number of amides is 1. The molecule has 2 atom stereocenters. The number of nitrogens with zero attached hydrogens (tertiary/aromatic N) is 1. The molecule has 3 fully saturated rings. The first-order valence-electron chi connectivity index (χ1n) is 10.8. The van der Waals surface area contributed by atoms with Crippen LogP contribution >= 0.6 is 0 Å². The summed E-state index contributed by atoms with van der Waals surface area (Å²) in [7, 11) is 0. The average Bonchev–Trinajstić information content (AvgIpc) is 2.67. The van der Waals surface area contributed by atoms with Gasteiger partial charge in [0.15, 0.2) is 0 Å². The first kappa shape index (κ1) is 21.0. The molecule has 2 saturated carbocycles. The molecule has 0 bridgehead atoms. The molecule has 2 aliphatic carbocycles. The maximum absolute atomic E-state index is 13.1. The molecule has 2 unspecified atom stereocenters. The van der Waals surface area contributed by atoms with Crippen LogP contribution in [-0.4, -0.2) is 68.4 Å². The molecule has 0 aromatic carbocycles. The molecule has 0 radical (unpaired) electrons. The molecule has 1 aliphatic heterocycles. The van der Waals surface area contributed by atoms with Crippen molar-refractivity contribution in [3.63, 3.8) is 0 Å². The molecular weight excluding hydrogens is 342 g/mol. The molecule has 6 heteroatoms. The lowest BCUT2D eigenvalue weighted by atomic mass is 9.54. The van der Waals surface area contributed by atoms with Crippen LogP contribution in [0.2, 0.25) is 0 Å². The first-order chi connectivity index (χ1) is 12.8. The van der Waals surface area contributed by atoms with Crippen LogP contribution in [-0.2, 0) is 14.3 Å². The molecule has 1 saturated heterocycles. The van der Waals surface area contributed by atoms with Crippen LogP contribution in [0.15, 0.2) is 0 Å². The summed E-state index contributed by atoms with van der Waals surface area (Å²) < 4.78 is 11.3. The van der Waals surface area contributed by atoms with E-state index in [2.05, 4.69) is 24.1 Å². The molecule has 0 aromatic rings. The van der Waals surface area contributed by atoms with Crippen LogP contribution in [0.4, 0.5) is 0 Å². The zero-order valence-electron chi connectivity index (χ0n) is 17.5. The van der Waals surface area contributed by atoms with Gasteiger partial charge in [0.25, 0.3) is 0 Å². The molecule has 6 nitrogen and oxygen atoms in total. The fraction of sp³-hybridized carbons (Fsp3) is 0.952. The van der Waals surface area contributed by atoms with E-state index in [9.17, 15) is 4.79 Å². The molecule has 27 heavy (non-hydrogen) atoms. The van der Waals surface area contributed by atoms with Crippen molar-refractivity contribution in [2.45, 2.75) is 70.9 Å². The van der Waals surface area contributed by atoms with Gasteiger partial charge in [0.1, 0.15) is 5.54 Å². The predicted octanol–water partition coefficient (Wildman–Crippen LogP) is 1.92. The zero-order chi connectivity index (χ0) is 19.5. The summed E-state index contributed by atoms with van der Waals surface area (Å²) in [6.45, 7) is 12.2. The Kier molecular flexibility index (Phi) is 6.51. The first-order valence-corrected chi connectivity index (χ1v) is 10.8. The van der Waals surface area contributed by atoms with E-state index < -0.39 is 5.54 Å². The van der Waals surface area contributed by atoms with E-state index in [1.54, 1.807) is 0 Å². The lowest BCUT2D eigenvalue weighted by molar-refractivity contribution is -0.171. The standard InChI is InChI=1S/C21H39N3O3/c1-4-27-17-14-21(22,19(17,2)3)18(25)23-15-20(8-6-5-7-9-20)16-24-10-12-26-13-11-24/h17H,4-16,22H2,1-3H3,(H,23,25). The van der Waals surface area contributed by atoms with Crippen molar-refractivity contribution in [2.75, 3.05) is 46.0 Å². The van der Waals surface area contributed by atoms with Crippen LogP contribution in [0.25, 0.3) is 0 Å². The van der Waals surface area contributed by atoms with Crippen molar-refractivity contribution in [3.8, 4) is 0 Å². The van der Waals surface area contributed by atoms with Gasteiger partial charge in [-0.3, -0.25) is 9.69 Å². The van der Waals surface area contributed by atoms with Gasteiger partial charge in [0, 0.05) is 50.0 Å². The summed E-state index contributed by atoms with van der Waals surface area (Å²) in [5.41, 5.74) is 5.58. The Bertz CT molecular complexity index is 513. The normalized spacial score (nSPS) is 33.3. The second-order valence-corrected chi connectivity index (χ2v) is 9.47. The highest BCUT2D eigenvalue weighted by Gasteiger charge is 2.62. The number of ether oxygens (including phenoxy) is 2. The third-order valence-electron chi connectivity index (χ3n) is 7.44. The van der Waals surface area contributed by atoms with Gasteiger partial charge in [-0.15, -0.1) is 0 Å². The quantitative estimate of drug-likeness (QED) is 0.705. The van der Waals surface area contributed by atoms with Crippen LogP contribution in [0, 0.1) is 10.8 Å². The lowest BCUT2D eigenvalue weighted by Gasteiger charge is -2.57. The van der Waals surface area contributed by atoms with E-state index in [1.807, 2.05) is 6.92 Å². The third kappa shape index (κ3) is 4.19. The van der Waals surface area contributed by atoms with Crippen molar-refractivity contribution < 1.29 is 14.3 Å². The van der Waals surface area contributed by atoms with Gasteiger partial charge in [-0.1, -0.05) is 33.1 Å². The van der Waals surface area contributed by atoms with Crippen LogP contribution in [0.1, 0.15) is 59.3 Å². The minimum absolute atomic E-state index is 0.00428. The van der Waals surface area contributed by atoms with Crippen molar-refractivity contribution in [3.05, 3.63) is 0 Å². The Hall–Kier alpha value is -0.690. The minimum Gasteiger partial charge on any atom is -0.379 e. The third-order valence-corrected chi connectivity index (χ3v) is 7.44. The lowest BCUT2D eigenvalue weighted by Crippen LogP contribution is -2.76. The van der Waals surface area contributed by atoms with E-state index >= 15 is 0 Å². The van der Waals surface area contributed by atoms with Crippen molar-refractivity contribution in [1.29, 1.82) is 0 Å². The van der Waals surface area contributed by atoms with Crippen LogP contribution in [0.3, 0.4) is 0 Å². The number of carbonyl (C=O) groups excluding carboxylic acids is 1. The summed E-state index contributed by atoms with van der Waals surface area (Å²) in [5, 5.41) is 3.27. The summed E-state index contributed by atoms with van der Waals surface area (Å²) in [5.74, 6) is -0.00428. The summed E-state index contributed by atoms with van der Waals surface area (Å²) in [4.78, 5) is 15.6. The fourth-order valence-electron chi connectivity index (χ4n) is 5.17. The highest BCUT2D eigenvalue weighted by molar-refractivity contribution is 5.88. The molecule has 3 rings (SSSR count). The fourth-order valence-corrected chi connectivity index (χ4v) is 5.17. The monoisotopic (exact) mass is 381 g/mol. The summed E-state index contributed by atoms with van der Waals surface area (Å²) in [6.07, 6.45) is 6.87. The van der Waals surface area contributed by atoms with Gasteiger partial charge in [-0.05, 0) is 19.8 Å². The summed E-state index contributed by atoms with van der Waals surface area (Å²) >= 11 is 0. The van der Waals surface area contributed by atoms with Gasteiger partial charge >= 0.3 is 0 Å². The second kappa shape index (κ2) is 8.36. The highest BCUT2D eigenvalue weighted by atomic mass is 16.5. The molecule has 3 N–H and O–H groups in total. The number of carbonyl (C=O) groups is 1. The molecular formula is C21H39N3O3. The van der Waals surface area contributed by atoms with Crippen molar-refractivity contribution in [2.24, 2.45) is 16.6 Å². The molecule has 3 aliphatic rings. The number of rotatable bonds is 7. The van der Waals surface area contributed by atoms with Gasteiger partial charge in [-0.2, -0.15) is 0 Å². The zero-order valence-corrected chi connectivity index (χ0v) is 17.5. The predicted molar refractivity (Wildman–Crippen MR) is 107 cm³/mol. The Morgan fingerprint density at radius 3 is 2.48 bits per heavy atom. The van der Waals surface area contributed by atoms with E-state index in [0.717, 1.165) is 39.4 Å². The van der Waals surface area contributed by atoms with Gasteiger partial charge in [0.2, 0.25) is 5.91 Å². The van der Waals surface area contributed by atoms with E-state index in [-0.39, 0.29) is 22.8 Å². The van der Waals surface area contributed by atoms with Crippen LogP contribution in [0.5, 0.6) is 0 Å². The number of hydrogen-bond acceptors (Lipinski definition) is 5. The Morgan fingerprint density at radius 2 is 1.89 bits per heavy atom. The van der Waals surface area contributed by atoms with E-state index in [0.29, 0.717) is 13.0 Å². The second-order valence-electron chi connectivity index (χ2n) is 9.47. The maximum Gasteiger partial charge on any atom is 0.240 e. The van der Waals surface area contributed by atoms with Crippen molar-refractivity contribution >= 4 is 5.91 Å². The number of morpholine rings is 1.